The van der Waals surface area contributed by atoms with Gasteiger partial charge in [0.1, 0.15) is 18.3 Å². The van der Waals surface area contributed by atoms with Gasteiger partial charge in [0.15, 0.2) is 28.8 Å². The van der Waals surface area contributed by atoms with Crippen molar-refractivity contribution in [1.29, 1.82) is 0 Å². The quantitative estimate of drug-likeness (QED) is 0.225. The van der Waals surface area contributed by atoms with Crippen molar-refractivity contribution >= 4 is 35.5 Å². The van der Waals surface area contributed by atoms with Crippen LogP contribution in [0.1, 0.15) is 16.7 Å². The Kier molecular flexibility index (Phi) is 5.13. The minimum Gasteiger partial charge on any atom is -0.394 e. The molecule has 1 aromatic rings. The summed E-state index contributed by atoms with van der Waals surface area (Å²) < 4.78 is 22.1. The number of rotatable bonds is 4. The normalized spacial score (nSPS) is 31.9. The van der Waals surface area contributed by atoms with E-state index in [0.717, 1.165) is 4.57 Å². The lowest BCUT2D eigenvalue weighted by Crippen LogP contribution is -2.58. The Morgan fingerprint density at radius 2 is 2.04 bits per heavy atom. The van der Waals surface area contributed by atoms with E-state index in [-0.39, 0.29) is 16.2 Å². The van der Waals surface area contributed by atoms with E-state index in [9.17, 15) is 24.7 Å². The van der Waals surface area contributed by atoms with Crippen LogP contribution in [0.15, 0.2) is 4.73 Å². The van der Waals surface area contributed by atoms with Crippen molar-refractivity contribution in [2.24, 2.45) is 5.73 Å². The van der Waals surface area contributed by atoms with E-state index in [1.165, 1.54) is 0 Å². The molecule has 14 nitrogen and oxygen atoms in total. The third-order valence-electron chi connectivity index (χ3n) is 3.76. The lowest BCUT2D eigenvalue weighted by atomic mass is 10.1. The molecule has 0 bridgehead atoms. The first-order valence-corrected chi connectivity index (χ1v) is 9.38. The molecular weight excluding hydrogens is 445 g/mol. The van der Waals surface area contributed by atoms with Crippen LogP contribution in [0.5, 0.6) is 0 Å². The van der Waals surface area contributed by atoms with Gasteiger partial charge in [-0.25, -0.2) is 9.55 Å². The van der Waals surface area contributed by atoms with Gasteiger partial charge in [-0.15, -0.1) is 0 Å². The van der Waals surface area contributed by atoms with E-state index in [1.54, 1.807) is 0 Å². The van der Waals surface area contributed by atoms with Gasteiger partial charge in [-0.2, -0.15) is 9.69 Å². The molecule has 3 heterocycles. The Balaban J connectivity index is 2.11. The molecule has 8 N–H and O–H groups in total. The number of anilines is 1. The smallest absolute Gasteiger partial charge is 0.394 e. The summed E-state index contributed by atoms with van der Waals surface area (Å²) in [7, 11) is -5.09. The van der Waals surface area contributed by atoms with E-state index in [1.807, 2.05) is 0 Å². The summed E-state index contributed by atoms with van der Waals surface area (Å²) in [6.07, 6.45) is -7.02. The number of aliphatic hydroxyl groups is 3. The van der Waals surface area contributed by atoms with E-state index < -0.39 is 51.2 Å². The average Bonchev–Trinajstić information content (AvgIpc) is 3.01. The molecule has 146 valence electrons. The van der Waals surface area contributed by atoms with E-state index in [0.29, 0.717) is 5.06 Å². The van der Waals surface area contributed by atoms with Crippen LogP contribution in [0.2, 0.25) is 0 Å². The molecular formula is C10H15BrN5O9P. The highest BCUT2D eigenvalue weighted by Crippen LogP contribution is 2.44. The molecule has 2 aliphatic heterocycles. The fourth-order valence-corrected chi connectivity index (χ4v) is 3.63. The Bertz CT molecular complexity index is 770. The van der Waals surface area contributed by atoms with Crippen molar-refractivity contribution < 1.29 is 43.8 Å². The number of carbonyl (C=O) groups is 1. The predicted octanol–water partition coefficient (Wildman–Crippen LogP) is -2.93. The minimum absolute atomic E-state index is 0.0825. The number of hydrogen-bond acceptors (Lipinski definition) is 10. The maximum absolute atomic E-state index is 12.1. The van der Waals surface area contributed by atoms with Gasteiger partial charge in [0.25, 0.3) is 5.91 Å². The second-order valence-electron chi connectivity index (χ2n) is 5.47. The number of hydroxylamine groups is 1. The standard InChI is InChI=1S/C10H15BrN5O9P/c11-9-13-3-6(20)14-10(12)16(25-26(21,22)23)7(3)15(9)8-5(19)4(18)2(1-17)24-8/h2,4-5,8,10,17-19H,1,12H2,(H,14,20)(H2,21,22,23)/t2-,4-,5-,8-,10?/m1/s1. The van der Waals surface area contributed by atoms with Gasteiger partial charge in [0.05, 0.1) is 6.61 Å². The summed E-state index contributed by atoms with van der Waals surface area (Å²) in [4.78, 5) is 34.2. The van der Waals surface area contributed by atoms with Crippen molar-refractivity contribution in [3.8, 4) is 0 Å². The Hall–Kier alpha value is -1.13. The van der Waals surface area contributed by atoms with Crippen molar-refractivity contribution in [3.05, 3.63) is 10.4 Å². The first-order chi connectivity index (χ1) is 12.0. The molecule has 1 amide bonds. The summed E-state index contributed by atoms with van der Waals surface area (Å²) in [6, 6.07) is 0. The van der Waals surface area contributed by atoms with E-state index >= 15 is 0 Å². The second kappa shape index (κ2) is 6.79. The maximum atomic E-state index is 12.1. The highest BCUT2D eigenvalue weighted by Gasteiger charge is 2.48. The largest absolute Gasteiger partial charge is 0.491 e. The number of imidazole rings is 1. The Labute approximate surface area is 153 Å². The molecule has 0 aromatic carbocycles. The summed E-state index contributed by atoms with van der Waals surface area (Å²) >= 11 is 3.05. The molecule has 1 saturated heterocycles. The van der Waals surface area contributed by atoms with Crippen molar-refractivity contribution in [2.75, 3.05) is 11.7 Å². The lowest BCUT2D eigenvalue weighted by Gasteiger charge is -2.34. The third-order valence-corrected chi connectivity index (χ3v) is 4.71. The molecule has 1 fully saturated rings. The molecule has 16 heteroatoms. The lowest BCUT2D eigenvalue weighted by molar-refractivity contribution is -0.0543. The van der Waals surface area contributed by atoms with Crippen molar-refractivity contribution in [3.63, 3.8) is 0 Å². The molecule has 2 aliphatic rings. The van der Waals surface area contributed by atoms with Gasteiger partial charge in [-0.1, -0.05) is 0 Å². The van der Waals surface area contributed by atoms with E-state index in [2.05, 4.69) is 30.9 Å². The summed E-state index contributed by atoms with van der Waals surface area (Å²) in [5.41, 5.74) is 5.33. The first-order valence-electron chi connectivity index (χ1n) is 7.06. The molecule has 0 spiro atoms. The SMILES string of the molecule is NC1NC(=O)c2nc(Br)n([C@@H]3O[C@H](CO)[C@@H](O)[C@H]3O)c2N1OP(=O)(O)O. The average molecular weight is 460 g/mol. The number of nitrogens with zero attached hydrogens (tertiary/aromatic N) is 3. The number of fused-ring (bicyclic) bond motifs is 1. The second-order valence-corrected chi connectivity index (χ2v) is 7.32. The fraction of sp³-hybridized carbons (Fsp3) is 0.600. The van der Waals surface area contributed by atoms with Crippen LogP contribution in [0.4, 0.5) is 5.82 Å². The summed E-state index contributed by atoms with van der Waals surface area (Å²) in [6.45, 7) is -0.605. The number of aliphatic hydroxyl groups excluding tert-OH is 3. The van der Waals surface area contributed by atoms with Crippen LogP contribution in [0, 0.1) is 0 Å². The minimum atomic E-state index is -5.09. The number of ether oxygens (including phenoxy) is 1. The topological polar surface area (TPSA) is 213 Å². The van der Waals surface area contributed by atoms with Crippen LogP contribution in [0.25, 0.3) is 0 Å². The van der Waals surface area contributed by atoms with Gasteiger partial charge in [0.2, 0.25) is 0 Å². The summed E-state index contributed by atoms with van der Waals surface area (Å²) in [5, 5.41) is 32.0. The predicted molar refractivity (Wildman–Crippen MR) is 84.0 cm³/mol. The number of aromatic nitrogens is 2. The van der Waals surface area contributed by atoms with Gasteiger partial charge >= 0.3 is 7.82 Å². The van der Waals surface area contributed by atoms with Crippen LogP contribution in [-0.2, 0) is 13.9 Å². The van der Waals surface area contributed by atoms with Crippen LogP contribution >= 0.6 is 23.8 Å². The summed E-state index contributed by atoms with van der Waals surface area (Å²) in [5.74, 6) is -1.10. The zero-order valence-corrected chi connectivity index (χ0v) is 15.2. The van der Waals surface area contributed by atoms with Crippen molar-refractivity contribution in [1.82, 2.24) is 14.9 Å². The number of phosphoric acid groups is 1. The van der Waals surface area contributed by atoms with Gasteiger partial charge in [-0.05, 0) is 15.9 Å². The Morgan fingerprint density at radius 3 is 2.58 bits per heavy atom. The zero-order valence-electron chi connectivity index (χ0n) is 12.7. The monoisotopic (exact) mass is 459 g/mol. The number of halogens is 1. The maximum Gasteiger partial charge on any atom is 0.491 e. The molecule has 0 radical (unpaired) electrons. The van der Waals surface area contributed by atoms with E-state index in [4.69, 9.17) is 20.3 Å². The molecule has 1 aromatic heterocycles. The number of nitrogens with one attached hydrogen (secondary N) is 1. The molecule has 26 heavy (non-hydrogen) atoms. The number of nitrogens with two attached hydrogens (primary N) is 1. The molecule has 0 saturated carbocycles. The highest BCUT2D eigenvalue weighted by molar-refractivity contribution is 9.10. The van der Waals surface area contributed by atoms with Crippen LogP contribution in [0.3, 0.4) is 0 Å². The molecule has 0 aliphatic carbocycles. The van der Waals surface area contributed by atoms with Gasteiger partial charge in [-0.3, -0.25) is 15.1 Å². The highest BCUT2D eigenvalue weighted by atomic mass is 79.9. The van der Waals surface area contributed by atoms with Gasteiger partial charge in [0, 0.05) is 0 Å². The molecule has 5 atom stereocenters. The first kappa shape index (κ1) is 19.6. The third kappa shape index (κ3) is 3.27. The Morgan fingerprint density at radius 1 is 1.38 bits per heavy atom. The molecule has 3 rings (SSSR count). The number of amides is 1. The zero-order chi connectivity index (χ0) is 19.4. The van der Waals surface area contributed by atoms with Gasteiger partial charge < -0.3 is 35.2 Å². The number of carbonyl (C=O) groups excluding carboxylic acids is 1. The molecule has 1 unspecified atom stereocenters. The fourth-order valence-electron chi connectivity index (χ4n) is 2.68. The van der Waals surface area contributed by atoms with Crippen molar-refractivity contribution in [2.45, 2.75) is 30.8 Å². The van der Waals surface area contributed by atoms with Crippen LogP contribution < -0.4 is 16.1 Å². The van der Waals surface area contributed by atoms with Crippen LogP contribution in [-0.4, -0.2) is 71.8 Å². The number of hydrogen-bond donors (Lipinski definition) is 7.